The van der Waals surface area contributed by atoms with E-state index in [0.717, 1.165) is 63.6 Å². The Labute approximate surface area is 180 Å². The van der Waals surface area contributed by atoms with Crippen LogP contribution in [0.4, 0.5) is 5.82 Å². The largest absolute Gasteiger partial charge is 0.354 e. The number of benzene rings is 1. The van der Waals surface area contributed by atoms with Crippen LogP contribution in [0.25, 0.3) is 0 Å². The highest BCUT2D eigenvalue weighted by Gasteiger charge is 2.36. The quantitative estimate of drug-likeness (QED) is 0.763. The number of anilines is 1. The van der Waals surface area contributed by atoms with Crippen molar-refractivity contribution in [2.45, 2.75) is 32.1 Å². The summed E-state index contributed by atoms with van der Waals surface area (Å²) in [6.07, 6.45) is 4.19. The zero-order valence-corrected chi connectivity index (χ0v) is 18.3. The maximum atomic E-state index is 13.4. The predicted molar refractivity (Wildman–Crippen MR) is 122 cm³/mol. The topological polar surface area (TPSA) is 39.7 Å². The Balaban J connectivity index is 1.31. The Morgan fingerprint density at radius 1 is 1.00 bits per heavy atom. The summed E-state index contributed by atoms with van der Waals surface area (Å²) in [6.45, 7) is 11.2. The number of amides is 1. The lowest BCUT2D eigenvalue weighted by molar-refractivity contribution is -0.138. The average molecular weight is 407 g/mol. The van der Waals surface area contributed by atoms with Crippen LogP contribution in [0.1, 0.15) is 32.3 Å². The molecule has 3 heterocycles. The van der Waals surface area contributed by atoms with Gasteiger partial charge in [0.05, 0.1) is 5.41 Å². The fourth-order valence-electron chi connectivity index (χ4n) is 4.84. The fourth-order valence-corrected chi connectivity index (χ4v) is 4.84. The minimum atomic E-state index is -0.475. The molecule has 2 fully saturated rings. The molecule has 2 aromatic rings. The van der Waals surface area contributed by atoms with Crippen LogP contribution in [0.2, 0.25) is 0 Å². The average Bonchev–Trinajstić information content (AvgIpc) is 2.80. The lowest BCUT2D eigenvalue weighted by atomic mass is 9.82. The standard InChI is InChI=1S/C25H34N4O/c1-25(2,22-10-4-3-5-11-22)24(30)29-14-8-9-21(20-29)19-27-15-17-28(18-16-27)23-12-6-7-13-26-23/h3-7,10-13,21H,8-9,14-20H2,1-2H3. The summed E-state index contributed by atoms with van der Waals surface area (Å²) >= 11 is 0. The van der Waals surface area contributed by atoms with Crippen molar-refractivity contribution in [3.63, 3.8) is 0 Å². The van der Waals surface area contributed by atoms with E-state index in [1.807, 2.05) is 30.5 Å². The van der Waals surface area contributed by atoms with E-state index in [-0.39, 0.29) is 5.91 Å². The van der Waals surface area contributed by atoms with E-state index < -0.39 is 5.41 Å². The third-order valence-electron chi connectivity index (χ3n) is 6.70. The van der Waals surface area contributed by atoms with Crippen LogP contribution in [-0.4, -0.2) is 66.5 Å². The second kappa shape index (κ2) is 9.17. The molecule has 0 spiro atoms. The molecule has 2 aliphatic rings. The Hall–Kier alpha value is -2.40. The van der Waals surface area contributed by atoms with Crippen LogP contribution >= 0.6 is 0 Å². The lowest BCUT2D eigenvalue weighted by Gasteiger charge is -2.41. The molecule has 4 rings (SSSR count). The van der Waals surface area contributed by atoms with E-state index in [1.54, 1.807) is 0 Å². The number of hydrogen-bond donors (Lipinski definition) is 0. The maximum Gasteiger partial charge on any atom is 0.232 e. The van der Waals surface area contributed by atoms with Crippen molar-refractivity contribution < 1.29 is 4.79 Å². The van der Waals surface area contributed by atoms with Crippen LogP contribution < -0.4 is 4.90 Å². The summed E-state index contributed by atoms with van der Waals surface area (Å²) in [6, 6.07) is 16.3. The number of nitrogens with zero attached hydrogens (tertiary/aromatic N) is 4. The first kappa shape index (κ1) is 20.9. The molecule has 1 aromatic carbocycles. The Bertz CT molecular complexity index is 816. The summed E-state index contributed by atoms with van der Waals surface area (Å²) in [4.78, 5) is 24.9. The summed E-state index contributed by atoms with van der Waals surface area (Å²) < 4.78 is 0. The molecule has 2 saturated heterocycles. The number of piperazine rings is 1. The molecule has 2 aliphatic heterocycles. The summed E-state index contributed by atoms with van der Waals surface area (Å²) in [7, 11) is 0. The Morgan fingerprint density at radius 2 is 1.73 bits per heavy atom. The second-order valence-electron chi connectivity index (χ2n) is 9.23. The summed E-state index contributed by atoms with van der Waals surface area (Å²) in [5.74, 6) is 1.91. The molecule has 0 aliphatic carbocycles. The lowest BCUT2D eigenvalue weighted by Crippen LogP contribution is -2.52. The zero-order chi connectivity index (χ0) is 21.0. The van der Waals surface area contributed by atoms with Crippen LogP contribution in [-0.2, 0) is 10.2 Å². The third kappa shape index (κ3) is 4.67. The van der Waals surface area contributed by atoms with Crippen molar-refractivity contribution in [2.75, 3.05) is 50.7 Å². The monoisotopic (exact) mass is 406 g/mol. The number of carbonyl (C=O) groups is 1. The van der Waals surface area contributed by atoms with Gasteiger partial charge in [0, 0.05) is 52.0 Å². The first-order valence-corrected chi connectivity index (χ1v) is 11.3. The first-order chi connectivity index (χ1) is 14.5. The van der Waals surface area contributed by atoms with Crippen LogP contribution in [0.15, 0.2) is 54.7 Å². The molecule has 1 atom stereocenters. The number of carbonyl (C=O) groups excluding carboxylic acids is 1. The second-order valence-corrected chi connectivity index (χ2v) is 9.23. The van der Waals surface area contributed by atoms with E-state index in [0.29, 0.717) is 5.92 Å². The minimum Gasteiger partial charge on any atom is -0.354 e. The van der Waals surface area contributed by atoms with Gasteiger partial charge >= 0.3 is 0 Å². The Morgan fingerprint density at radius 3 is 2.43 bits per heavy atom. The van der Waals surface area contributed by atoms with E-state index in [1.165, 1.54) is 6.42 Å². The highest BCUT2D eigenvalue weighted by atomic mass is 16.2. The van der Waals surface area contributed by atoms with Crippen LogP contribution in [0.3, 0.4) is 0 Å². The molecule has 160 valence electrons. The predicted octanol–water partition coefficient (Wildman–Crippen LogP) is 3.42. The molecular formula is C25H34N4O. The fraction of sp³-hybridized carbons (Fsp3) is 0.520. The van der Waals surface area contributed by atoms with Gasteiger partial charge in [-0.25, -0.2) is 4.98 Å². The normalized spacial score (nSPS) is 20.9. The molecule has 0 bridgehead atoms. The van der Waals surface area contributed by atoms with Crippen LogP contribution in [0.5, 0.6) is 0 Å². The van der Waals surface area contributed by atoms with Gasteiger partial charge in [-0.2, -0.15) is 0 Å². The number of rotatable bonds is 5. The number of likely N-dealkylation sites (tertiary alicyclic amines) is 1. The molecule has 1 unspecified atom stereocenters. The van der Waals surface area contributed by atoms with Gasteiger partial charge in [-0.15, -0.1) is 0 Å². The van der Waals surface area contributed by atoms with Crippen molar-refractivity contribution in [1.82, 2.24) is 14.8 Å². The number of piperidine rings is 1. The maximum absolute atomic E-state index is 13.4. The van der Waals surface area contributed by atoms with E-state index in [9.17, 15) is 4.79 Å². The zero-order valence-electron chi connectivity index (χ0n) is 18.3. The smallest absolute Gasteiger partial charge is 0.232 e. The van der Waals surface area contributed by atoms with Gasteiger partial charge in [-0.1, -0.05) is 36.4 Å². The van der Waals surface area contributed by atoms with E-state index >= 15 is 0 Å². The van der Waals surface area contributed by atoms with Gasteiger partial charge in [-0.05, 0) is 50.3 Å². The van der Waals surface area contributed by atoms with Crippen molar-refractivity contribution >= 4 is 11.7 Å². The van der Waals surface area contributed by atoms with Gasteiger partial charge < -0.3 is 9.80 Å². The number of hydrogen-bond acceptors (Lipinski definition) is 4. The molecule has 1 aromatic heterocycles. The van der Waals surface area contributed by atoms with Crippen molar-refractivity contribution in [2.24, 2.45) is 5.92 Å². The molecule has 0 saturated carbocycles. The highest BCUT2D eigenvalue weighted by Crippen LogP contribution is 2.28. The third-order valence-corrected chi connectivity index (χ3v) is 6.70. The van der Waals surface area contributed by atoms with Crippen molar-refractivity contribution in [3.8, 4) is 0 Å². The van der Waals surface area contributed by atoms with Gasteiger partial charge in [0.25, 0.3) is 0 Å². The number of aromatic nitrogens is 1. The summed E-state index contributed by atoms with van der Waals surface area (Å²) in [5.41, 5.74) is 0.625. The molecule has 30 heavy (non-hydrogen) atoms. The minimum absolute atomic E-state index is 0.262. The first-order valence-electron chi connectivity index (χ1n) is 11.3. The van der Waals surface area contributed by atoms with Gasteiger partial charge in [0.15, 0.2) is 0 Å². The molecule has 5 heteroatoms. The molecular weight excluding hydrogens is 372 g/mol. The SMILES string of the molecule is CC(C)(C(=O)N1CCCC(CN2CCN(c3ccccn3)CC2)C1)c1ccccc1. The number of pyridine rings is 1. The van der Waals surface area contributed by atoms with Gasteiger partial charge in [0.1, 0.15) is 5.82 Å². The van der Waals surface area contributed by atoms with Crippen molar-refractivity contribution in [3.05, 3.63) is 60.3 Å². The molecule has 0 radical (unpaired) electrons. The van der Waals surface area contributed by atoms with E-state index in [2.05, 4.69) is 57.8 Å². The highest BCUT2D eigenvalue weighted by molar-refractivity contribution is 5.87. The van der Waals surface area contributed by atoms with Crippen LogP contribution in [0, 0.1) is 5.92 Å². The van der Waals surface area contributed by atoms with Crippen molar-refractivity contribution in [1.29, 1.82) is 0 Å². The summed E-state index contributed by atoms with van der Waals surface area (Å²) in [5, 5.41) is 0. The molecule has 1 amide bonds. The van der Waals surface area contributed by atoms with Gasteiger partial charge in [-0.3, -0.25) is 9.69 Å². The molecule has 5 nitrogen and oxygen atoms in total. The van der Waals surface area contributed by atoms with Gasteiger partial charge in [0.2, 0.25) is 5.91 Å². The molecule has 0 N–H and O–H groups in total. The van der Waals surface area contributed by atoms with E-state index in [4.69, 9.17) is 0 Å². The Kier molecular flexibility index (Phi) is 6.38.